The maximum Gasteiger partial charge on any atom is 0.262 e. The van der Waals surface area contributed by atoms with Gasteiger partial charge in [0.05, 0.1) is 27.0 Å². The Bertz CT molecular complexity index is 1330. The SMILES string of the molecule is C=C1CCC(n2c(C)nc3cccc(CCC(=O)c4ccc(Cl)c(Cl)c4)c3c2=O)C(=O)C1. The molecule has 1 aromatic heterocycles. The predicted octanol–water partition coefficient (Wildman–Crippen LogP) is 5.68. The number of ketones is 2. The number of benzene rings is 2. The zero-order valence-electron chi connectivity index (χ0n) is 17.7. The molecule has 3 aromatic rings. The minimum Gasteiger partial charge on any atom is -0.297 e. The number of hydrogen-bond acceptors (Lipinski definition) is 4. The lowest BCUT2D eigenvalue weighted by Crippen LogP contribution is -2.35. The van der Waals surface area contributed by atoms with Gasteiger partial charge < -0.3 is 0 Å². The average molecular weight is 469 g/mol. The molecule has 0 radical (unpaired) electrons. The molecule has 5 nitrogen and oxygen atoms in total. The number of fused-ring (bicyclic) bond motifs is 1. The Morgan fingerprint density at radius 1 is 1.19 bits per heavy atom. The number of hydrogen-bond donors (Lipinski definition) is 0. The van der Waals surface area contributed by atoms with Crippen molar-refractivity contribution in [2.75, 3.05) is 0 Å². The maximum atomic E-state index is 13.5. The number of carbonyl (C=O) groups is 2. The zero-order valence-corrected chi connectivity index (χ0v) is 19.2. The van der Waals surface area contributed by atoms with Crippen molar-refractivity contribution >= 4 is 45.7 Å². The van der Waals surface area contributed by atoms with Crippen LogP contribution < -0.4 is 5.56 Å². The van der Waals surface area contributed by atoms with Crippen LogP contribution in [-0.4, -0.2) is 21.1 Å². The van der Waals surface area contributed by atoms with Crippen LogP contribution in [0.2, 0.25) is 10.0 Å². The van der Waals surface area contributed by atoms with Crippen LogP contribution in [0.5, 0.6) is 0 Å². The lowest BCUT2D eigenvalue weighted by atomic mass is 9.90. The summed E-state index contributed by atoms with van der Waals surface area (Å²) >= 11 is 12.0. The quantitative estimate of drug-likeness (QED) is 0.356. The number of halogens is 2. The van der Waals surface area contributed by atoms with Crippen LogP contribution in [0.3, 0.4) is 0 Å². The lowest BCUT2D eigenvalue weighted by molar-refractivity contribution is -0.122. The molecule has 1 saturated carbocycles. The fourth-order valence-electron chi connectivity index (χ4n) is 4.29. The summed E-state index contributed by atoms with van der Waals surface area (Å²) < 4.78 is 1.52. The molecule has 7 heteroatoms. The van der Waals surface area contributed by atoms with Crippen molar-refractivity contribution in [3.63, 3.8) is 0 Å². The van der Waals surface area contributed by atoms with Gasteiger partial charge in [0.15, 0.2) is 11.6 Å². The summed E-state index contributed by atoms with van der Waals surface area (Å²) in [6.45, 7) is 5.65. The highest BCUT2D eigenvalue weighted by atomic mass is 35.5. The van der Waals surface area contributed by atoms with E-state index in [0.717, 1.165) is 11.1 Å². The summed E-state index contributed by atoms with van der Waals surface area (Å²) in [5.41, 5.74) is 2.42. The molecule has 1 aliphatic rings. The van der Waals surface area contributed by atoms with Gasteiger partial charge in [-0.15, -0.1) is 0 Å². The third-order valence-corrected chi connectivity index (χ3v) is 6.67. The summed E-state index contributed by atoms with van der Waals surface area (Å²) in [5.74, 6) is 0.402. The molecule has 0 N–H and O–H groups in total. The zero-order chi connectivity index (χ0) is 23.0. The van der Waals surface area contributed by atoms with Gasteiger partial charge in [0, 0.05) is 18.4 Å². The highest BCUT2D eigenvalue weighted by Gasteiger charge is 2.28. The van der Waals surface area contributed by atoms with Gasteiger partial charge in [-0.2, -0.15) is 0 Å². The van der Waals surface area contributed by atoms with Crippen LogP contribution in [0.4, 0.5) is 0 Å². The van der Waals surface area contributed by atoms with Crippen molar-refractivity contribution in [1.82, 2.24) is 9.55 Å². The standard InChI is InChI=1S/C25H22Cl2N2O3/c1-14-6-10-21(23(31)12-14)29-15(2)28-20-5-3-4-16(24(20)25(29)32)8-11-22(30)17-7-9-18(26)19(27)13-17/h3-5,7,9,13,21H,1,6,8,10-12H2,2H3. The molecular formula is C25H22Cl2N2O3. The molecule has 2 aromatic carbocycles. The monoisotopic (exact) mass is 468 g/mol. The van der Waals surface area contributed by atoms with Gasteiger partial charge >= 0.3 is 0 Å². The first-order chi connectivity index (χ1) is 15.3. The van der Waals surface area contributed by atoms with Crippen LogP contribution in [0.25, 0.3) is 10.9 Å². The smallest absolute Gasteiger partial charge is 0.262 e. The number of Topliss-reactive ketones (excluding diaryl/α,β-unsaturated/α-hetero) is 2. The van der Waals surface area contributed by atoms with E-state index in [9.17, 15) is 14.4 Å². The predicted molar refractivity (Wildman–Crippen MR) is 127 cm³/mol. The second kappa shape index (κ2) is 9.00. The summed E-state index contributed by atoms with van der Waals surface area (Å²) in [5, 5.41) is 1.17. The number of carbonyl (C=O) groups excluding carboxylic acids is 2. The van der Waals surface area contributed by atoms with E-state index in [1.807, 2.05) is 12.1 Å². The van der Waals surface area contributed by atoms with E-state index in [2.05, 4.69) is 11.6 Å². The third kappa shape index (κ3) is 4.27. The summed E-state index contributed by atoms with van der Waals surface area (Å²) in [6, 6.07) is 9.69. The van der Waals surface area contributed by atoms with Crippen LogP contribution in [0, 0.1) is 6.92 Å². The summed E-state index contributed by atoms with van der Waals surface area (Å²) in [7, 11) is 0. The van der Waals surface area contributed by atoms with Crippen LogP contribution in [-0.2, 0) is 11.2 Å². The molecular weight excluding hydrogens is 447 g/mol. The van der Waals surface area contributed by atoms with Crippen molar-refractivity contribution < 1.29 is 9.59 Å². The fraction of sp³-hybridized carbons (Fsp3) is 0.280. The van der Waals surface area contributed by atoms with Crippen LogP contribution in [0.15, 0.2) is 53.3 Å². The molecule has 1 atom stereocenters. The molecule has 164 valence electrons. The van der Waals surface area contributed by atoms with Gasteiger partial charge in [0.2, 0.25) is 0 Å². The van der Waals surface area contributed by atoms with E-state index < -0.39 is 6.04 Å². The fourth-order valence-corrected chi connectivity index (χ4v) is 4.59. The minimum absolute atomic E-state index is 0.0140. The molecule has 0 amide bonds. The van der Waals surface area contributed by atoms with Gasteiger partial charge in [-0.3, -0.25) is 19.0 Å². The summed E-state index contributed by atoms with van der Waals surface area (Å²) in [6.07, 6.45) is 2.11. The largest absolute Gasteiger partial charge is 0.297 e. The lowest BCUT2D eigenvalue weighted by Gasteiger charge is -2.26. The van der Waals surface area contributed by atoms with Gasteiger partial charge in [0.25, 0.3) is 5.56 Å². The van der Waals surface area contributed by atoms with Crippen LogP contribution >= 0.6 is 23.2 Å². The van der Waals surface area contributed by atoms with E-state index in [4.69, 9.17) is 23.2 Å². The second-order valence-electron chi connectivity index (χ2n) is 8.15. The van der Waals surface area contributed by atoms with Gasteiger partial charge in [-0.1, -0.05) is 47.5 Å². The van der Waals surface area contributed by atoms with Crippen molar-refractivity contribution in [1.29, 1.82) is 0 Å². The second-order valence-corrected chi connectivity index (χ2v) is 8.96. The molecule has 0 bridgehead atoms. The van der Waals surface area contributed by atoms with Crippen molar-refractivity contribution in [2.45, 2.75) is 45.1 Å². The molecule has 1 unspecified atom stereocenters. The highest BCUT2D eigenvalue weighted by molar-refractivity contribution is 6.42. The van der Waals surface area contributed by atoms with Crippen molar-refractivity contribution in [2.24, 2.45) is 0 Å². The number of aromatic nitrogens is 2. The number of aryl methyl sites for hydroxylation is 2. The first-order valence-electron chi connectivity index (χ1n) is 10.4. The molecule has 32 heavy (non-hydrogen) atoms. The Hall–Kier alpha value is -2.76. The highest BCUT2D eigenvalue weighted by Crippen LogP contribution is 2.29. The summed E-state index contributed by atoms with van der Waals surface area (Å²) in [4.78, 5) is 43.5. The Morgan fingerprint density at radius 2 is 1.97 bits per heavy atom. The molecule has 1 heterocycles. The first-order valence-corrected chi connectivity index (χ1v) is 11.2. The van der Waals surface area contributed by atoms with Gasteiger partial charge in [-0.05, 0) is 56.0 Å². The molecule has 1 fully saturated rings. The van der Waals surface area contributed by atoms with Gasteiger partial charge in [0.1, 0.15) is 5.82 Å². The van der Waals surface area contributed by atoms with Crippen LogP contribution in [0.1, 0.15) is 53.5 Å². The Kier molecular flexibility index (Phi) is 6.31. The van der Waals surface area contributed by atoms with E-state index in [1.165, 1.54) is 4.57 Å². The van der Waals surface area contributed by atoms with E-state index in [1.54, 1.807) is 31.2 Å². The van der Waals surface area contributed by atoms with Crippen molar-refractivity contribution in [3.05, 3.63) is 85.9 Å². The normalized spacial score (nSPS) is 16.5. The number of rotatable bonds is 5. The molecule has 1 aliphatic carbocycles. The van der Waals surface area contributed by atoms with E-state index in [0.29, 0.717) is 51.6 Å². The first kappa shape index (κ1) is 22.4. The molecule has 4 rings (SSSR count). The number of nitrogens with zero attached hydrogens (tertiary/aromatic N) is 2. The molecule has 0 saturated heterocycles. The Labute approximate surface area is 195 Å². The van der Waals surface area contributed by atoms with E-state index in [-0.39, 0.29) is 30.0 Å². The Balaban J connectivity index is 1.69. The van der Waals surface area contributed by atoms with Gasteiger partial charge in [-0.25, -0.2) is 4.98 Å². The maximum absolute atomic E-state index is 13.5. The minimum atomic E-state index is -0.532. The average Bonchev–Trinajstić information content (AvgIpc) is 2.75. The van der Waals surface area contributed by atoms with Crippen molar-refractivity contribution in [3.8, 4) is 0 Å². The van der Waals surface area contributed by atoms with E-state index >= 15 is 0 Å². The molecule has 0 aliphatic heterocycles. The molecule has 0 spiro atoms. The Morgan fingerprint density at radius 3 is 2.69 bits per heavy atom. The number of allylic oxidation sites excluding steroid dienone is 1. The third-order valence-electron chi connectivity index (χ3n) is 5.93. The topological polar surface area (TPSA) is 69.0 Å².